The fraction of sp³-hybridized carbons (Fsp3) is 0.100. The van der Waals surface area contributed by atoms with E-state index in [1.165, 1.54) is 0 Å². The second-order valence-electron chi connectivity index (χ2n) is 12.5. The van der Waals surface area contributed by atoms with Gasteiger partial charge in [-0.3, -0.25) is 9.59 Å². The molecule has 0 fully saturated rings. The van der Waals surface area contributed by atoms with Crippen LogP contribution in [0, 0.1) is 0 Å². The first-order valence-corrected chi connectivity index (χ1v) is 15.5. The normalized spacial score (nSPS) is 21.7. The fourth-order valence-electron chi connectivity index (χ4n) is 8.33. The van der Waals surface area contributed by atoms with Gasteiger partial charge in [0.05, 0.1) is 10.8 Å². The molecule has 0 aliphatic heterocycles. The van der Waals surface area contributed by atoms with Crippen molar-refractivity contribution >= 4 is 90.4 Å². The maximum atomic E-state index is 15.2. The monoisotopic (exact) mass is 606 g/mol. The van der Waals surface area contributed by atoms with E-state index in [1.807, 2.05) is 74.5 Å². The van der Waals surface area contributed by atoms with Crippen molar-refractivity contribution in [3.8, 4) is 0 Å². The second kappa shape index (κ2) is 8.57. The van der Waals surface area contributed by atoms with Crippen LogP contribution in [-0.2, 0) is 20.4 Å². The SMILES string of the molecule is CC12C(=O)C(c3ccc(Cl)cc3)=Cc3ccc4c5ccccc5c5ccc6c(c5c4c31)C2(C)C(=O)C(c1ccc(Cl)cc1)=C6. The molecule has 0 N–H and O–H groups in total. The first kappa shape index (κ1) is 25.9. The number of hydrogen-bond donors (Lipinski definition) is 0. The summed E-state index contributed by atoms with van der Waals surface area (Å²) in [5.74, 6) is -0.121. The molecule has 6 aromatic carbocycles. The average Bonchev–Trinajstić information content (AvgIpc) is 3.04. The number of benzene rings is 6. The van der Waals surface area contributed by atoms with Gasteiger partial charge in [-0.05, 0) is 116 Å². The number of rotatable bonds is 2. The quantitative estimate of drug-likeness (QED) is 0.184. The molecule has 0 aromatic heterocycles. The predicted octanol–water partition coefficient (Wildman–Crippen LogP) is 10.2. The third-order valence-corrected chi connectivity index (χ3v) is 11.0. The van der Waals surface area contributed by atoms with Crippen LogP contribution in [0.1, 0.15) is 47.2 Å². The minimum atomic E-state index is -1.19. The second-order valence-corrected chi connectivity index (χ2v) is 13.4. The summed E-state index contributed by atoms with van der Waals surface area (Å²) in [5, 5.41) is 7.84. The van der Waals surface area contributed by atoms with Gasteiger partial charge in [0.2, 0.25) is 0 Å². The van der Waals surface area contributed by atoms with Gasteiger partial charge in [-0.2, -0.15) is 0 Å². The molecule has 9 rings (SSSR count). The van der Waals surface area contributed by atoms with Crippen molar-refractivity contribution in [2.45, 2.75) is 24.7 Å². The largest absolute Gasteiger partial charge is 0.293 e. The molecule has 0 radical (unpaired) electrons. The Bertz CT molecular complexity index is 2230. The van der Waals surface area contributed by atoms with Crippen molar-refractivity contribution in [1.29, 1.82) is 0 Å². The highest BCUT2D eigenvalue weighted by atomic mass is 35.5. The zero-order valence-corrected chi connectivity index (χ0v) is 25.5. The molecule has 0 saturated carbocycles. The Balaban J connectivity index is 1.49. The summed E-state index contributed by atoms with van der Waals surface area (Å²) in [6.07, 6.45) is 4.01. The molecule has 2 nitrogen and oxygen atoms in total. The molecule has 3 aliphatic carbocycles. The Hall–Kier alpha value is -4.50. The first-order chi connectivity index (χ1) is 21.2. The molecule has 2 unspecified atom stereocenters. The van der Waals surface area contributed by atoms with Gasteiger partial charge >= 0.3 is 0 Å². The highest BCUT2D eigenvalue weighted by Gasteiger charge is 2.63. The van der Waals surface area contributed by atoms with E-state index < -0.39 is 10.8 Å². The van der Waals surface area contributed by atoms with E-state index in [0.29, 0.717) is 21.2 Å². The summed E-state index contributed by atoms with van der Waals surface area (Å²) in [6.45, 7) is 4.00. The van der Waals surface area contributed by atoms with Gasteiger partial charge < -0.3 is 0 Å². The molecular weight excluding hydrogens is 583 g/mol. The molecule has 3 aliphatic rings. The molecule has 2 atom stereocenters. The molecule has 0 heterocycles. The van der Waals surface area contributed by atoms with E-state index in [1.54, 1.807) is 0 Å². The van der Waals surface area contributed by atoms with Gasteiger partial charge in [0.1, 0.15) is 0 Å². The van der Waals surface area contributed by atoms with E-state index in [9.17, 15) is 0 Å². The van der Waals surface area contributed by atoms with Gasteiger partial charge in [-0.1, -0.05) is 96.0 Å². The Labute approximate surface area is 264 Å². The Kier molecular flexibility index (Phi) is 5.05. The van der Waals surface area contributed by atoms with Crippen molar-refractivity contribution < 1.29 is 9.59 Å². The lowest BCUT2D eigenvalue weighted by Crippen LogP contribution is -2.59. The lowest BCUT2D eigenvalue weighted by molar-refractivity contribution is -0.129. The van der Waals surface area contributed by atoms with Crippen LogP contribution in [0.2, 0.25) is 10.0 Å². The van der Waals surface area contributed by atoms with Gasteiger partial charge in [0.25, 0.3) is 0 Å². The van der Waals surface area contributed by atoms with Gasteiger partial charge in [0.15, 0.2) is 11.6 Å². The average molecular weight is 608 g/mol. The summed E-state index contributed by atoms with van der Waals surface area (Å²) in [7, 11) is 0. The van der Waals surface area contributed by atoms with Crippen molar-refractivity contribution in [2.24, 2.45) is 0 Å². The Morgan fingerprint density at radius 1 is 0.477 bits per heavy atom. The third-order valence-electron chi connectivity index (χ3n) is 10.5. The smallest absolute Gasteiger partial charge is 0.175 e. The van der Waals surface area contributed by atoms with Crippen LogP contribution in [0.4, 0.5) is 0 Å². The lowest BCUT2D eigenvalue weighted by Gasteiger charge is -2.53. The number of Topliss-reactive ketones (excluding diaryl/α,β-unsaturated/α-hetero) is 2. The van der Waals surface area contributed by atoms with Crippen LogP contribution < -0.4 is 0 Å². The summed E-state index contributed by atoms with van der Waals surface area (Å²) in [6, 6.07) is 31.8. The summed E-state index contributed by atoms with van der Waals surface area (Å²) >= 11 is 12.5. The van der Waals surface area contributed by atoms with Gasteiger partial charge in [-0.25, -0.2) is 0 Å². The van der Waals surface area contributed by atoms with Crippen molar-refractivity contribution in [3.05, 3.63) is 140 Å². The molecule has 4 heteroatoms. The van der Waals surface area contributed by atoms with Gasteiger partial charge in [0, 0.05) is 21.2 Å². The van der Waals surface area contributed by atoms with Crippen molar-refractivity contribution in [2.75, 3.05) is 0 Å². The number of allylic oxidation sites excluding steroid dienone is 2. The van der Waals surface area contributed by atoms with Crippen LogP contribution in [0.25, 0.3) is 55.6 Å². The maximum absolute atomic E-state index is 15.2. The zero-order valence-electron chi connectivity index (χ0n) is 24.0. The van der Waals surface area contributed by atoms with Crippen LogP contribution in [0.3, 0.4) is 0 Å². The van der Waals surface area contributed by atoms with Gasteiger partial charge in [-0.15, -0.1) is 0 Å². The molecule has 0 bridgehead atoms. The molecular formula is C40H24Cl2O2. The number of carbonyl (C=O) groups excluding carboxylic acids is 2. The molecule has 6 aromatic rings. The number of ketones is 2. The number of fused-ring (bicyclic) bond motifs is 4. The van der Waals surface area contributed by atoms with E-state index in [2.05, 4.69) is 48.5 Å². The molecule has 44 heavy (non-hydrogen) atoms. The number of hydrogen-bond acceptors (Lipinski definition) is 2. The van der Waals surface area contributed by atoms with Crippen molar-refractivity contribution in [3.63, 3.8) is 0 Å². The lowest BCUT2D eigenvalue weighted by atomic mass is 9.46. The van der Waals surface area contributed by atoms with Crippen LogP contribution in [0.5, 0.6) is 0 Å². The van der Waals surface area contributed by atoms with E-state index >= 15 is 9.59 Å². The van der Waals surface area contributed by atoms with E-state index in [-0.39, 0.29) is 11.6 Å². The third kappa shape index (κ3) is 2.98. The number of halogens is 2. The number of carbonyl (C=O) groups is 2. The minimum absolute atomic E-state index is 0.0604. The molecule has 0 saturated heterocycles. The Morgan fingerprint density at radius 2 is 0.864 bits per heavy atom. The summed E-state index contributed by atoms with van der Waals surface area (Å²) in [4.78, 5) is 30.5. The highest BCUT2D eigenvalue weighted by molar-refractivity contribution is 6.42. The maximum Gasteiger partial charge on any atom is 0.175 e. The fourth-order valence-corrected chi connectivity index (χ4v) is 8.58. The van der Waals surface area contributed by atoms with E-state index in [4.69, 9.17) is 23.2 Å². The van der Waals surface area contributed by atoms with Crippen molar-refractivity contribution in [1.82, 2.24) is 0 Å². The Morgan fingerprint density at radius 3 is 1.25 bits per heavy atom. The summed E-state index contributed by atoms with van der Waals surface area (Å²) in [5.41, 5.74) is 4.18. The highest BCUT2D eigenvalue weighted by Crippen LogP contribution is 2.63. The first-order valence-electron chi connectivity index (χ1n) is 14.7. The molecule has 0 amide bonds. The molecule has 210 valence electrons. The summed E-state index contributed by atoms with van der Waals surface area (Å²) < 4.78 is 0. The topological polar surface area (TPSA) is 34.1 Å². The standard InChI is InChI=1S/C40H24Cl2O2/c1-39-35-23(19-31(37(39)43)21-7-13-25(41)14-8-21)11-17-29-27-5-3-4-6-28(27)30-18-12-24-20-32(22-9-15-26(42)16-10-22)38(44)40(39,2)36(24)34(30)33(29)35/h3-20H,1-2H3. The minimum Gasteiger partial charge on any atom is -0.293 e. The van der Waals surface area contributed by atoms with Crippen LogP contribution in [-0.4, -0.2) is 11.6 Å². The predicted molar refractivity (Wildman–Crippen MR) is 182 cm³/mol. The van der Waals surface area contributed by atoms with Crippen LogP contribution >= 0.6 is 23.2 Å². The zero-order chi connectivity index (χ0) is 30.1. The molecule has 0 spiro atoms. The van der Waals surface area contributed by atoms with Crippen LogP contribution in [0.15, 0.2) is 97.1 Å². The van der Waals surface area contributed by atoms with E-state index in [0.717, 1.165) is 65.7 Å².